The monoisotopic (exact) mass is 528 g/mol. The lowest BCUT2D eigenvalue weighted by molar-refractivity contribution is 0.101. The number of aryl methyl sites for hydroxylation is 2. The molecule has 0 saturated carbocycles. The smallest absolute Gasteiger partial charge is 0.189 e. The molecule has 0 bridgehead atoms. The number of hydrogen-bond donors (Lipinski definition) is 0. The number of rotatable bonds is 4. The minimum Gasteiger partial charge on any atom is -0.497 e. The molecule has 40 heavy (non-hydrogen) atoms. The van der Waals surface area contributed by atoms with E-state index in [1.165, 1.54) is 0 Å². The van der Waals surface area contributed by atoms with Crippen molar-refractivity contribution in [1.82, 2.24) is 0 Å². The molecule has 6 rings (SSSR count). The van der Waals surface area contributed by atoms with Crippen molar-refractivity contribution in [2.45, 2.75) is 25.7 Å². The lowest BCUT2D eigenvalue weighted by atomic mass is 9.86. The molecule has 4 aromatic rings. The van der Waals surface area contributed by atoms with Gasteiger partial charge in [-0.3, -0.25) is 9.59 Å². The fraction of sp³-hybridized carbons (Fsp3) is 0.167. The maximum absolute atomic E-state index is 12.5. The highest BCUT2D eigenvalue weighted by molar-refractivity contribution is 6.13. The second-order valence-corrected chi connectivity index (χ2v) is 9.86. The molecule has 2 aliphatic carbocycles. The fourth-order valence-corrected chi connectivity index (χ4v) is 5.11. The number of carbonyl (C=O) groups excluding carboxylic acids is 2. The number of Topliss-reactive ketones (excluding diaryl/α,β-unsaturated/α-hetero) is 2. The van der Waals surface area contributed by atoms with Crippen molar-refractivity contribution in [3.05, 3.63) is 142 Å². The molecule has 0 aliphatic heterocycles. The highest BCUT2D eigenvalue weighted by Crippen LogP contribution is 2.28. The van der Waals surface area contributed by atoms with Crippen molar-refractivity contribution in [2.24, 2.45) is 0 Å². The molecule has 4 nitrogen and oxygen atoms in total. The average molecular weight is 529 g/mol. The number of ether oxygens (including phenoxy) is 2. The number of hydrogen-bond acceptors (Lipinski definition) is 4. The molecule has 0 atom stereocenters. The summed E-state index contributed by atoms with van der Waals surface area (Å²) in [4.78, 5) is 24.9. The van der Waals surface area contributed by atoms with Crippen LogP contribution >= 0.6 is 0 Å². The summed E-state index contributed by atoms with van der Waals surface area (Å²) in [7, 11) is 3.30. The summed E-state index contributed by atoms with van der Waals surface area (Å²) in [5.41, 5.74) is 7.84. The maximum atomic E-state index is 12.5. The van der Waals surface area contributed by atoms with Crippen LogP contribution < -0.4 is 9.47 Å². The molecule has 0 spiro atoms. The number of allylic oxidation sites excluding steroid dienone is 2. The topological polar surface area (TPSA) is 52.6 Å². The van der Waals surface area contributed by atoms with Crippen LogP contribution in [0.1, 0.15) is 55.8 Å². The number of ketones is 2. The van der Waals surface area contributed by atoms with Crippen LogP contribution in [0.25, 0.3) is 12.2 Å². The molecular weight excluding hydrogens is 496 g/mol. The van der Waals surface area contributed by atoms with E-state index < -0.39 is 0 Å². The molecule has 200 valence electrons. The van der Waals surface area contributed by atoms with Crippen LogP contribution in [0.2, 0.25) is 0 Å². The van der Waals surface area contributed by atoms with E-state index in [1.54, 1.807) is 14.2 Å². The second-order valence-electron chi connectivity index (χ2n) is 9.86. The van der Waals surface area contributed by atoms with E-state index >= 15 is 0 Å². The molecule has 4 aromatic carbocycles. The van der Waals surface area contributed by atoms with Gasteiger partial charge in [0.15, 0.2) is 11.6 Å². The Morgan fingerprint density at radius 2 is 0.875 bits per heavy atom. The van der Waals surface area contributed by atoms with Gasteiger partial charge in [-0.2, -0.15) is 0 Å². The highest BCUT2D eigenvalue weighted by Gasteiger charge is 2.22. The zero-order chi connectivity index (χ0) is 27.9. The summed E-state index contributed by atoms with van der Waals surface area (Å²) in [6.07, 6.45) is 7.45. The van der Waals surface area contributed by atoms with Crippen LogP contribution in [0, 0.1) is 0 Å². The third-order valence-corrected chi connectivity index (χ3v) is 7.35. The third-order valence-electron chi connectivity index (χ3n) is 7.35. The number of carbonyl (C=O) groups is 2. The summed E-state index contributed by atoms with van der Waals surface area (Å²) in [6.45, 7) is 0. The van der Waals surface area contributed by atoms with Gasteiger partial charge in [0.25, 0.3) is 0 Å². The Balaban J connectivity index is 0.000000161. The summed E-state index contributed by atoms with van der Waals surface area (Å²) >= 11 is 0. The Kier molecular flexibility index (Phi) is 8.36. The first-order chi connectivity index (χ1) is 19.6. The summed E-state index contributed by atoms with van der Waals surface area (Å²) in [5.74, 6) is 1.96. The SMILES string of the molecule is COc1ccc(/C=C2\CCc3ccccc3C2=O)cc1.COc1ccc(/C=C2\CCc3ccccc3C2=O)cc1. The molecule has 2 aliphatic rings. The summed E-state index contributed by atoms with van der Waals surface area (Å²) in [6, 6.07) is 31.3. The first-order valence-electron chi connectivity index (χ1n) is 13.5. The summed E-state index contributed by atoms with van der Waals surface area (Å²) in [5, 5.41) is 0. The van der Waals surface area contributed by atoms with Gasteiger partial charge in [-0.25, -0.2) is 0 Å². The second kappa shape index (κ2) is 12.4. The Labute approximate surface area is 235 Å². The zero-order valence-electron chi connectivity index (χ0n) is 22.9. The number of benzene rings is 4. The Bertz CT molecular complexity index is 1450. The van der Waals surface area contributed by atoms with Crippen LogP contribution in [0.5, 0.6) is 11.5 Å². The van der Waals surface area contributed by atoms with Crippen molar-refractivity contribution in [1.29, 1.82) is 0 Å². The van der Waals surface area contributed by atoms with Gasteiger partial charge in [-0.1, -0.05) is 72.8 Å². The van der Waals surface area contributed by atoms with Crippen molar-refractivity contribution in [2.75, 3.05) is 14.2 Å². The van der Waals surface area contributed by atoms with Crippen LogP contribution in [-0.4, -0.2) is 25.8 Å². The van der Waals surface area contributed by atoms with Crippen molar-refractivity contribution in [3.63, 3.8) is 0 Å². The Morgan fingerprint density at radius 3 is 1.25 bits per heavy atom. The minimum absolute atomic E-state index is 0.155. The Morgan fingerprint density at radius 1 is 0.500 bits per heavy atom. The van der Waals surface area contributed by atoms with E-state index in [1.807, 2.05) is 109 Å². The van der Waals surface area contributed by atoms with Gasteiger partial charge in [0.05, 0.1) is 14.2 Å². The van der Waals surface area contributed by atoms with E-state index in [9.17, 15) is 9.59 Å². The minimum atomic E-state index is 0.155. The van der Waals surface area contributed by atoms with E-state index in [2.05, 4.69) is 0 Å². The molecule has 0 heterocycles. The van der Waals surface area contributed by atoms with Gasteiger partial charge in [0, 0.05) is 22.3 Å². The average Bonchev–Trinajstić information content (AvgIpc) is 3.01. The molecule has 0 amide bonds. The van der Waals surface area contributed by atoms with Crippen molar-refractivity contribution in [3.8, 4) is 11.5 Å². The normalized spacial score (nSPS) is 16.1. The molecule has 0 aromatic heterocycles. The van der Waals surface area contributed by atoms with Gasteiger partial charge in [-0.05, 0) is 84.4 Å². The quantitative estimate of drug-likeness (QED) is 0.254. The fourth-order valence-electron chi connectivity index (χ4n) is 5.11. The standard InChI is InChI=1S/2C18H16O2/c2*1-20-16-10-6-13(7-11-16)12-15-9-8-14-4-2-3-5-17(14)18(15)19/h2*2-7,10-12H,8-9H2,1H3/b2*15-12+. The zero-order valence-corrected chi connectivity index (χ0v) is 22.9. The number of fused-ring (bicyclic) bond motifs is 2. The molecule has 0 saturated heterocycles. The maximum Gasteiger partial charge on any atom is 0.189 e. The molecular formula is C36H32O4. The van der Waals surface area contributed by atoms with Crippen LogP contribution in [0.3, 0.4) is 0 Å². The van der Waals surface area contributed by atoms with Crippen molar-refractivity contribution < 1.29 is 19.1 Å². The first kappa shape index (κ1) is 26.9. The summed E-state index contributed by atoms with van der Waals surface area (Å²) < 4.78 is 10.3. The first-order valence-corrected chi connectivity index (χ1v) is 13.5. The van der Waals surface area contributed by atoms with Gasteiger partial charge in [0.2, 0.25) is 0 Å². The van der Waals surface area contributed by atoms with Crippen LogP contribution in [0.4, 0.5) is 0 Å². The molecule has 0 radical (unpaired) electrons. The van der Waals surface area contributed by atoms with E-state index in [-0.39, 0.29) is 11.6 Å². The van der Waals surface area contributed by atoms with Crippen LogP contribution in [-0.2, 0) is 12.8 Å². The van der Waals surface area contributed by atoms with Crippen molar-refractivity contribution >= 4 is 23.7 Å². The molecule has 0 unspecified atom stereocenters. The largest absolute Gasteiger partial charge is 0.497 e. The van der Waals surface area contributed by atoms with Gasteiger partial charge >= 0.3 is 0 Å². The van der Waals surface area contributed by atoms with Gasteiger partial charge < -0.3 is 9.47 Å². The van der Waals surface area contributed by atoms with Gasteiger partial charge in [0.1, 0.15) is 11.5 Å². The third kappa shape index (κ3) is 6.13. The lowest BCUT2D eigenvalue weighted by Crippen LogP contribution is -2.13. The van der Waals surface area contributed by atoms with E-state index in [4.69, 9.17) is 9.47 Å². The number of methoxy groups -OCH3 is 2. The Hall–Kier alpha value is -4.70. The lowest BCUT2D eigenvalue weighted by Gasteiger charge is -2.17. The molecule has 0 N–H and O–H groups in total. The predicted octanol–water partition coefficient (Wildman–Crippen LogP) is 7.82. The van der Waals surface area contributed by atoms with Gasteiger partial charge in [-0.15, -0.1) is 0 Å². The molecule has 0 fully saturated rings. The highest BCUT2D eigenvalue weighted by atomic mass is 16.5. The predicted molar refractivity (Wildman–Crippen MR) is 160 cm³/mol. The van der Waals surface area contributed by atoms with Crippen LogP contribution in [0.15, 0.2) is 108 Å². The van der Waals surface area contributed by atoms with E-state index in [0.29, 0.717) is 0 Å². The van der Waals surface area contributed by atoms with E-state index in [0.717, 1.165) is 81.7 Å². The molecule has 4 heteroatoms.